The van der Waals surface area contributed by atoms with E-state index in [9.17, 15) is 22.8 Å². The second-order valence-electron chi connectivity index (χ2n) is 13.0. The number of halogens is 3. The Morgan fingerprint density at radius 1 is 1.16 bits per heavy atom. The number of carbonyl (C=O) groups excluding carboxylic acids is 2. The second-order valence-corrected chi connectivity index (χ2v) is 13.0. The number of alkyl halides is 3. The maximum absolute atomic E-state index is 14.5. The minimum Gasteiger partial charge on any atom is -0.449 e. The van der Waals surface area contributed by atoms with Gasteiger partial charge in [-0.05, 0) is 62.0 Å². The molecule has 4 fully saturated rings. The summed E-state index contributed by atoms with van der Waals surface area (Å²) >= 11 is 0. The van der Waals surface area contributed by atoms with Crippen LogP contribution in [0.2, 0.25) is 0 Å². The highest BCUT2D eigenvalue weighted by Crippen LogP contribution is 2.51. The van der Waals surface area contributed by atoms with Gasteiger partial charge in [-0.3, -0.25) is 9.78 Å². The van der Waals surface area contributed by atoms with Gasteiger partial charge in [0.1, 0.15) is 0 Å². The van der Waals surface area contributed by atoms with Crippen LogP contribution in [0.15, 0.2) is 12.3 Å². The monoisotopic (exact) mass is 624 g/mol. The normalized spacial score (nSPS) is 31.1. The van der Waals surface area contributed by atoms with Crippen molar-refractivity contribution in [2.45, 2.75) is 75.9 Å². The zero-order chi connectivity index (χ0) is 30.9. The van der Waals surface area contributed by atoms with E-state index >= 15 is 0 Å². The van der Waals surface area contributed by atoms with Crippen LogP contribution in [0.1, 0.15) is 55.3 Å². The summed E-state index contributed by atoms with van der Waals surface area (Å²) in [5.41, 5.74) is -0.648. The lowest BCUT2D eigenvalue weighted by atomic mass is 9.78. The summed E-state index contributed by atoms with van der Waals surface area (Å²) in [6.45, 7) is 4.02. The van der Waals surface area contributed by atoms with Crippen molar-refractivity contribution < 1.29 is 41.7 Å². The lowest BCUT2D eigenvalue weighted by molar-refractivity contribution is -0.143. The van der Waals surface area contributed by atoms with Gasteiger partial charge in [0.05, 0.1) is 30.3 Å². The van der Waals surface area contributed by atoms with Crippen LogP contribution < -0.4 is 5.32 Å². The maximum Gasteiger partial charge on any atom is 0.417 e. The van der Waals surface area contributed by atoms with Crippen molar-refractivity contribution in [3.63, 3.8) is 0 Å². The third-order valence-corrected chi connectivity index (χ3v) is 10.4. The molecule has 6 rings (SSSR count). The first kappa shape index (κ1) is 31.5. The first-order chi connectivity index (χ1) is 21.2. The fourth-order valence-electron chi connectivity index (χ4n) is 7.91. The summed E-state index contributed by atoms with van der Waals surface area (Å²) in [7, 11) is 1.67. The molecule has 4 aliphatic heterocycles. The third-order valence-electron chi connectivity index (χ3n) is 10.4. The standard InChI is InChI=1S/C31H43F3N4O6/c1-41-27-18-43-10-6-26(27)36-24-13-23-17-38(29(40)44-11-5-20-3-8-42-9-4-20)19-30(23,14-24)28(39)37-7-2-25-21(16-37)12-22(15-35-25)31(32,33)34/h12,15,20,23-24,26-27,36H,2-11,13-14,16-19H2,1H3/t23-,24+,26-,27-,30-/m0/s1. The summed E-state index contributed by atoms with van der Waals surface area (Å²) in [4.78, 5) is 35.1. The second kappa shape index (κ2) is 13.1. The average Bonchev–Trinajstić information content (AvgIpc) is 3.55. The van der Waals surface area contributed by atoms with E-state index in [0.29, 0.717) is 69.3 Å². The number of hydrogen-bond donors (Lipinski definition) is 1. The number of nitrogens with one attached hydrogen (secondary N) is 1. The number of rotatable bonds is 7. The summed E-state index contributed by atoms with van der Waals surface area (Å²) in [6.07, 6.45) is 0.985. The Morgan fingerprint density at radius 2 is 1.95 bits per heavy atom. The zero-order valence-electron chi connectivity index (χ0n) is 25.3. The van der Waals surface area contributed by atoms with Crippen LogP contribution in [-0.2, 0) is 42.9 Å². The fraction of sp³-hybridized carbons (Fsp3) is 0.774. The molecule has 5 heterocycles. The SMILES string of the molecule is CO[C@H]1COCC[C@@H]1N[C@@H]1C[C@H]2CN(C(=O)OCCC3CCOCC3)C[C@@]2(C(=O)N2CCc3ncc(C(F)(F)F)cc3C2)C1. The quantitative estimate of drug-likeness (QED) is 0.493. The Balaban J connectivity index is 1.17. The number of methoxy groups -OCH3 is 1. The van der Waals surface area contributed by atoms with Crippen LogP contribution in [0.4, 0.5) is 18.0 Å². The Kier molecular flexibility index (Phi) is 9.37. The number of carbonyl (C=O) groups is 2. The number of nitrogens with zero attached hydrogens (tertiary/aromatic N) is 3. The molecule has 2 amide bonds. The first-order valence-electron chi connectivity index (χ1n) is 15.9. The van der Waals surface area contributed by atoms with Crippen molar-refractivity contribution in [2.24, 2.45) is 17.3 Å². The van der Waals surface area contributed by atoms with Gasteiger partial charge in [-0.25, -0.2) is 4.79 Å². The first-order valence-corrected chi connectivity index (χ1v) is 15.9. The van der Waals surface area contributed by atoms with Gasteiger partial charge in [-0.15, -0.1) is 0 Å². The van der Waals surface area contributed by atoms with Gasteiger partial charge in [-0.1, -0.05) is 0 Å². The van der Waals surface area contributed by atoms with Crippen molar-refractivity contribution >= 4 is 12.0 Å². The molecule has 0 radical (unpaired) electrons. The van der Waals surface area contributed by atoms with E-state index in [1.165, 1.54) is 0 Å². The number of aromatic nitrogens is 1. The summed E-state index contributed by atoms with van der Waals surface area (Å²) < 4.78 is 62.7. The Labute approximate surface area is 255 Å². The largest absolute Gasteiger partial charge is 0.449 e. The van der Waals surface area contributed by atoms with E-state index in [0.717, 1.165) is 51.2 Å². The summed E-state index contributed by atoms with van der Waals surface area (Å²) in [5.74, 6) is 0.268. The van der Waals surface area contributed by atoms with Gasteiger partial charge < -0.3 is 34.1 Å². The number of fused-ring (bicyclic) bond motifs is 2. The topological polar surface area (TPSA) is 102 Å². The number of ether oxygens (including phenoxy) is 4. The van der Waals surface area contributed by atoms with Gasteiger partial charge >= 0.3 is 12.3 Å². The molecule has 10 nitrogen and oxygen atoms in total. The van der Waals surface area contributed by atoms with Gasteiger partial charge in [-0.2, -0.15) is 13.2 Å². The minimum absolute atomic E-state index is 0.0342. The van der Waals surface area contributed by atoms with Crippen molar-refractivity contribution in [3.05, 3.63) is 29.1 Å². The predicted molar refractivity (Wildman–Crippen MR) is 152 cm³/mol. The number of pyridine rings is 1. The summed E-state index contributed by atoms with van der Waals surface area (Å²) in [5, 5.41) is 3.73. The lowest BCUT2D eigenvalue weighted by Crippen LogP contribution is -2.52. The molecule has 1 aromatic rings. The van der Waals surface area contributed by atoms with Crippen LogP contribution in [-0.4, -0.2) is 105 Å². The molecule has 0 spiro atoms. The molecule has 244 valence electrons. The highest BCUT2D eigenvalue weighted by Gasteiger charge is 2.60. The van der Waals surface area contributed by atoms with E-state index in [2.05, 4.69) is 10.3 Å². The Hall–Kier alpha value is -2.48. The minimum atomic E-state index is -4.51. The van der Waals surface area contributed by atoms with E-state index in [4.69, 9.17) is 18.9 Å². The molecule has 1 aromatic heterocycles. The van der Waals surface area contributed by atoms with Gasteiger partial charge in [0.15, 0.2) is 0 Å². The van der Waals surface area contributed by atoms with Gasteiger partial charge in [0.25, 0.3) is 0 Å². The van der Waals surface area contributed by atoms with Crippen LogP contribution in [0.3, 0.4) is 0 Å². The molecule has 5 aliphatic rings. The smallest absolute Gasteiger partial charge is 0.417 e. The highest BCUT2D eigenvalue weighted by molar-refractivity contribution is 5.86. The number of amides is 2. The molecule has 1 aliphatic carbocycles. The molecular weight excluding hydrogens is 581 g/mol. The van der Waals surface area contributed by atoms with E-state index < -0.39 is 23.2 Å². The van der Waals surface area contributed by atoms with Gasteiger partial charge in [0.2, 0.25) is 5.91 Å². The fourth-order valence-corrected chi connectivity index (χ4v) is 7.91. The molecule has 1 saturated carbocycles. The van der Waals surface area contributed by atoms with E-state index in [-0.39, 0.29) is 43.1 Å². The molecule has 0 unspecified atom stereocenters. The average molecular weight is 625 g/mol. The van der Waals surface area contributed by atoms with Crippen LogP contribution in [0, 0.1) is 17.3 Å². The summed E-state index contributed by atoms with van der Waals surface area (Å²) in [6, 6.07) is 1.24. The molecular formula is C31H43F3N4O6. The van der Waals surface area contributed by atoms with Crippen LogP contribution in [0.5, 0.6) is 0 Å². The zero-order valence-corrected chi connectivity index (χ0v) is 25.3. The van der Waals surface area contributed by atoms with Crippen molar-refractivity contribution in [3.8, 4) is 0 Å². The Bertz CT molecular complexity index is 1200. The van der Waals surface area contributed by atoms with Crippen LogP contribution in [0.25, 0.3) is 0 Å². The van der Waals surface area contributed by atoms with E-state index in [1.807, 2.05) is 0 Å². The maximum atomic E-state index is 14.5. The molecule has 3 saturated heterocycles. The highest BCUT2D eigenvalue weighted by atomic mass is 19.4. The molecule has 44 heavy (non-hydrogen) atoms. The van der Waals surface area contributed by atoms with Crippen molar-refractivity contribution in [2.75, 3.05) is 59.8 Å². The Morgan fingerprint density at radius 3 is 2.73 bits per heavy atom. The number of hydrogen-bond acceptors (Lipinski definition) is 8. The molecule has 5 atom stereocenters. The van der Waals surface area contributed by atoms with Crippen molar-refractivity contribution in [1.29, 1.82) is 0 Å². The third kappa shape index (κ3) is 6.56. The molecule has 13 heteroatoms. The predicted octanol–water partition coefficient (Wildman–Crippen LogP) is 3.41. The molecule has 0 aromatic carbocycles. The van der Waals surface area contributed by atoms with Crippen LogP contribution >= 0.6 is 0 Å². The molecule has 1 N–H and O–H groups in total. The van der Waals surface area contributed by atoms with Gasteiger partial charge in [0, 0.05) is 83.5 Å². The van der Waals surface area contributed by atoms with E-state index in [1.54, 1.807) is 16.9 Å². The molecule has 0 bridgehead atoms. The number of likely N-dealkylation sites (tertiary alicyclic amines) is 1. The van der Waals surface area contributed by atoms with Crippen molar-refractivity contribution in [1.82, 2.24) is 20.1 Å². The lowest BCUT2D eigenvalue weighted by Gasteiger charge is -2.37.